The fraction of sp³-hybridized carbons (Fsp3) is 0.143. The lowest BCUT2D eigenvalue weighted by Crippen LogP contribution is -2.24. The molecule has 7 N–H and O–H groups in total. The number of carbonyl (C=O) groups excluding carboxylic acids is 1. The van der Waals surface area contributed by atoms with Gasteiger partial charge in [0.25, 0.3) is 0 Å². The number of nitrogens with two attached hydrogens (primary N) is 3. The van der Waals surface area contributed by atoms with Crippen LogP contribution < -0.4 is 22.5 Å². The summed E-state index contributed by atoms with van der Waals surface area (Å²) in [5.41, 5.74) is 15.4. The van der Waals surface area contributed by atoms with Crippen LogP contribution in [-0.4, -0.2) is 28.9 Å². The Hall–Kier alpha value is -2.09. The number of carbonyl (C=O) groups is 1. The molecule has 1 amide bonds. The first kappa shape index (κ1) is 12.0. The lowest BCUT2D eigenvalue weighted by molar-refractivity contribution is 0.0998. The number of nitrogens with one attached hydrogen (secondary N) is 1. The molecule has 1 aromatic rings. The van der Waals surface area contributed by atoms with E-state index in [4.69, 9.17) is 28.8 Å². The van der Waals surface area contributed by atoms with Gasteiger partial charge in [0.05, 0.1) is 0 Å². The van der Waals surface area contributed by atoms with Gasteiger partial charge in [-0.2, -0.15) is 4.99 Å². The molecule has 0 bridgehead atoms. The topological polar surface area (TPSA) is 145 Å². The minimum atomic E-state index is -0.797. The van der Waals surface area contributed by atoms with E-state index in [-0.39, 0.29) is 28.4 Å². The number of rotatable bonds is 2. The second-order valence-electron chi connectivity index (χ2n) is 2.69. The van der Waals surface area contributed by atoms with E-state index in [2.05, 4.69) is 20.3 Å². The predicted molar refractivity (Wildman–Crippen MR) is 61.1 cm³/mol. The molecule has 8 nitrogen and oxygen atoms in total. The number of aromatic nitrogens is 2. The highest BCUT2D eigenvalue weighted by Gasteiger charge is 2.15. The number of guanidine groups is 1. The Morgan fingerprint density at radius 1 is 1.44 bits per heavy atom. The van der Waals surface area contributed by atoms with E-state index in [1.54, 1.807) is 7.05 Å². The molecular formula is C7H10ClN7O. The van der Waals surface area contributed by atoms with Crippen LogP contribution in [0.15, 0.2) is 4.99 Å². The first-order valence-corrected chi connectivity index (χ1v) is 4.48. The molecular weight excluding hydrogens is 234 g/mol. The summed E-state index contributed by atoms with van der Waals surface area (Å²) in [6.07, 6.45) is 0. The summed E-state index contributed by atoms with van der Waals surface area (Å²) in [6.45, 7) is 0. The van der Waals surface area contributed by atoms with Gasteiger partial charge in [0, 0.05) is 7.05 Å². The number of nitrogen functional groups attached to an aromatic ring is 1. The van der Waals surface area contributed by atoms with Crippen molar-refractivity contribution in [3.63, 3.8) is 0 Å². The summed E-state index contributed by atoms with van der Waals surface area (Å²) in [5.74, 6) is -1.03. The number of amides is 1. The Kier molecular flexibility index (Phi) is 3.46. The molecule has 86 valence electrons. The first-order valence-electron chi connectivity index (χ1n) is 4.10. The van der Waals surface area contributed by atoms with Crippen LogP contribution >= 0.6 is 11.6 Å². The zero-order valence-electron chi connectivity index (χ0n) is 8.36. The fourth-order valence-corrected chi connectivity index (χ4v) is 1.14. The highest BCUT2D eigenvalue weighted by Crippen LogP contribution is 2.20. The third-order valence-electron chi connectivity index (χ3n) is 1.55. The Balaban J connectivity index is 3.21. The zero-order valence-corrected chi connectivity index (χ0v) is 9.12. The van der Waals surface area contributed by atoms with Crippen molar-refractivity contribution in [2.45, 2.75) is 0 Å². The van der Waals surface area contributed by atoms with E-state index < -0.39 is 5.91 Å². The molecule has 0 aliphatic rings. The van der Waals surface area contributed by atoms with Crippen LogP contribution in [-0.2, 0) is 0 Å². The average molecular weight is 244 g/mol. The molecule has 0 saturated heterocycles. The van der Waals surface area contributed by atoms with Crippen molar-refractivity contribution in [2.24, 2.45) is 16.5 Å². The minimum absolute atomic E-state index is 0.00541. The van der Waals surface area contributed by atoms with E-state index in [1.807, 2.05) is 0 Å². The van der Waals surface area contributed by atoms with Crippen LogP contribution in [0.3, 0.4) is 0 Å². The molecule has 0 atom stereocenters. The lowest BCUT2D eigenvalue weighted by atomic mass is 10.4. The van der Waals surface area contributed by atoms with Gasteiger partial charge in [-0.3, -0.25) is 4.79 Å². The van der Waals surface area contributed by atoms with Gasteiger partial charge < -0.3 is 22.5 Å². The molecule has 1 rings (SSSR count). The molecule has 0 saturated carbocycles. The third-order valence-corrected chi connectivity index (χ3v) is 1.81. The van der Waals surface area contributed by atoms with E-state index in [0.717, 1.165) is 0 Å². The summed E-state index contributed by atoms with van der Waals surface area (Å²) < 4.78 is 0. The van der Waals surface area contributed by atoms with Gasteiger partial charge in [-0.25, -0.2) is 9.97 Å². The van der Waals surface area contributed by atoms with Crippen LogP contribution in [0.5, 0.6) is 0 Å². The van der Waals surface area contributed by atoms with E-state index in [1.165, 1.54) is 0 Å². The van der Waals surface area contributed by atoms with Crippen LogP contribution in [0.25, 0.3) is 0 Å². The SMILES string of the molecule is CNc1nc(N)c(C(=O)N=C(N)N)nc1Cl. The van der Waals surface area contributed by atoms with Gasteiger partial charge in [0.2, 0.25) is 0 Å². The minimum Gasteiger partial charge on any atom is -0.382 e. The van der Waals surface area contributed by atoms with Gasteiger partial charge in [-0.1, -0.05) is 11.6 Å². The molecule has 0 aliphatic heterocycles. The van der Waals surface area contributed by atoms with Gasteiger partial charge in [0.15, 0.2) is 28.4 Å². The standard InChI is InChI=1S/C7H10ClN7O/c1-12-5-3(8)13-2(4(9)14-5)6(16)15-7(10)11/h1H3,(H3,9,12,14)(H4,10,11,15,16). The van der Waals surface area contributed by atoms with E-state index >= 15 is 0 Å². The molecule has 0 unspecified atom stereocenters. The molecule has 0 radical (unpaired) electrons. The largest absolute Gasteiger partial charge is 0.382 e. The number of aliphatic imine (C=N–C) groups is 1. The Morgan fingerprint density at radius 3 is 2.56 bits per heavy atom. The zero-order chi connectivity index (χ0) is 12.3. The normalized spacial score (nSPS) is 9.62. The van der Waals surface area contributed by atoms with Crippen molar-refractivity contribution >= 4 is 35.1 Å². The van der Waals surface area contributed by atoms with Crippen molar-refractivity contribution < 1.29 is 4.79 Å². The predicted octanol–water partition coefficient (Wildman–Crippen LogP) is -0.832. The van der Waals surface area contributed by atoms with Crippen LogP contribution in [0.1, 0.15) is 10.5 Å². The van der Waals surface area contributed by atoms with Gasteiger partial charge in [-0.15, -0.1) is 0 Å². The molecule has 0 fully saturated rings. The van der Waals surface area contributed by atoms with Crippen molar-refractivity contribution in [2.75, 3.05) is 18.1 Å². The smallest absolute Gasteiger partial charge is 0.302 e. The van der Waals surface area contributed by atoms with E-state index in [9.17, 15) is 4.79 Å². The van der Waals surface area contributed by atoms with E-state index in [0.29, 0.717) is 0 Å². The highest BCUT2D eigenvalue weighted by atomic mass is 35.5. The Morgan fingerprint density at radius 2 is 2.06 bits per heavy atom. The maximum Gasteiger partial charge on any atom is 0.302 e. The molecule has 1 heterocycles. The fourth-order valence-electron chi connectivity index (χ4n) is 0.915. The average Bonchev–Trinajstić information content (AvgIpc) is 2.19. The highest BCUT2D eigenvalue weighted by molar-refractivity contribution is 6.32. The number of hydrogen-bond donors (Lipinski definition) is 4. The number of halogens is 1. The summed E-state index contributed by atoms with van der Waals surface area (Å²) in [6, 6.07) is 0. The third kappa shape index (κ3) is 2.48. The van der Waals surface area contributed by atoms with Crippen LogP contribution in [0.2, 0.25) is 5.15 Å². The van der Waals surface area contributed by atoms with Crippen molar-refractivity contribution in [1.29, 1.82) is 0 Å². The second kappa shape index (κ2) is 4.62. The number of anilines is 2. The molecule has 0 aromatic carbocycles. The molecule has 0 spiro atoms. The first-order chi connectivity index (χ1) is 7.45. The van der Waals surface area contributed by atoms with Gasteiger partial charge >= 0.3 is 5.91 Å². The molecule has 9 heteroatoms. The lowest BCUT2D eigenvalue weighted by Gasteiger charge is -2.05. The van der Waals surface area contributed by atoms with Gasteiger partial charge in [0.1, 0.15) is 0 Å². The molecule has 16 heavy (non-hydrogen) atoms. The van der Waals surface area contributed by atoms with Crippen LogP contribution in [0, 0.1) is 0 Å². The Bertz CT molecular complexity index is 454. The molecule has 1 aromatic heterocycles. The molecule has 0 aliphatic carbocycles. The number of nitrogens with zero attached hydrogens (tertiary/aromatic N) is 3. The quantitative estimate of drug-likeness (QED) is 0.392. The maximum absolute atomic E-state index is 11.4. The van der Waals surface area contributed by atoms with Crippen molar-refractivity contribution in [1.82, 2.24) is 9.97 Å². The Labute approximate surface area is 95.9 Å². The van der Waals surface area contributed by atoms with Crippen molar-refractivity contribution in [3.8, 4) is 0 Å². The van der Waals surface area contributed by atoms with Crippen LogP contribution in [0.4, 0.5) is 11.6 Å². The maximum atomic E-state index is 11.4. The number of hydrogen-bond acceptors (Lipinski definition) is 5. The van der Waals surface area contributed by atoms with Crippen molar-refractivity contribution in [3.05, 3.63) is 10.8 Å². The summed E-state index contributed by atoms with van der Waals surface area (Å²) in [7, 11) is 1.59. The second-order valence-corrected chi connectivity index (χ2v) is 3.05. The van der Waals surface area contributed by atoms with Gasteiger partial charge in [-0.05, 0) is 0 Å². The summed E-state index contributed by atoms with van der Waals surface area (Å²) in [4.78, 5) is 22.3. The summed E-state index contributed by atoms with van der Waals surface area (Å²) in [5, 5.41) is 2.67. The monoisotopic (exact) mass is 243 g/mol. The summed E-state index contributed by atoms with van der Waals surface area (Å²) >= 11 is 5.73.